The summed E-state index contributed by atoms with van der Waals surface area (Å²) >= 11 is 0. The Hall–Kier alpha value is -2.50. The summed E-state index contributed by atoms with van der Waals surface area (Å²) in [5.41, 5.74) is 1.52. The van der Waals surface area contributed by atoms with Crippen molar-refractivity contribution in [3.05, 3.63) is 58.0 Å². The molecule has 1 saturated heterocycles. The minimum atomic E-state index is -0.327. The van der Waals surface area contributed by atoms with Gasteiger partial charge in [0.2, 0.25) is 0 Å². The average molecular weight is 298 g/mol. The molecular formula is C16H18N4O2. The number of nitrogens with one attached hydrogen (secondary N) is 1. The Morgan fingerprint density at radius 3 is 2.95 bits per heavy atom. The maximum absolute atomic E-state index is 12.6. The van der Waals surface area contributed by atoms with Crippen LogP contribution in [0.5, 0.6) is 0 Å². The van der Waals surface area contributed by atoms with Crippen molar-refractivity contribution < 1.29 is 4.79 Å². The number of nitrogens with zero attached hydrogens (tertiary/aromatic N) is 3. The molecule has 114 valence electrons. The molecule has 0 bridgehead atoms. The number of likely N-dealkylation sites (tertiary alicyclic amines) is 1. The zero-order valence-electron chi connectivity index (χ0n) is 12.5. The first-order chi connectivity index (χ1) is 10.6. The second kappa shape index (κ2) is 6.09. The number of rotatable bonds is 2. The van der Waals surface area contributed by atoms with E-state index in [1.807, 2.05) is 0 Å². The first-order valence-corrected chi connectivity index (χ1v) is 7.40. The fourth-order valence-electron chi connectivity index (χ4n) is 2.84. The van der Waals surface area contributed by atoms with E-state index >= 15 is 0 Å². The van der Waals surface area contributed by atoms with E-state index in [4.69, 9.17) is 0 Å². The molecule has 0 aromatic carbocycles. The molecule has 1 atom stereocenters. The number of aromatic amines is 1. The van der Waals surface area contributed by atoms with Crippen molar-refractivity contribution in [3.8, 4) is 0 Å². The molecule has 22 heavy (non-hydrogen) atoms. The number of carbonyl (C=O) groups excluding carboxylic acids is 1. The quantitative estimate of drug-likeness (QED) is 0.911. The lowest BCUT2D eigenvalue weighted by Gasteiger charge is -2.32. The van der Waals surface area contributed by atoms with Crippen LogP contribution >= 0.6 is 0 Å². The highest BCUT2D eigenvalue weighted by Crippen LogP contribution is 2.25. The Balaban J connectivity index is 1.80. The number of H-pyrrole nitrogens is 1. The Bertz CT molecular complexity index is 726. The number of piperidine rings is 1. The molecule has 0 aliphatic carbocycles. The van der Waals surface area contributed by atoms with Crippen molar-refractivity contribution in [1.82, 2.24) is 19.9 Å². The van der Waals surface area contributed by atoms with Crippen LogP contribution in [0.2, 0.25) is 0 Å². The molecular weight excluding hydrogens is 280 g/mol. The monoisotopic (exact) mass is 298 g/mol. The third-order valence-corrected chi connectivity index (χ3v) is 4.00. The van der Waals surface area contributed by atoms with Gasteiger partial charge in [-0.1, -0.05) is 0 Å². The van der Waals surface area contributed by atoms with Crippen LogP contribution in [-0.2, 0) is 0 Å². The summed E-state index contributed by atoms with van der Waals surface area (Å²) in [5, 5.41) is 0. The van der Waals surface area contributed by atoms with E-state index in [0.29, 0.717) is 13.1 Å². The minimum absolute atomic E-state index is 0.177. The van der Waals surface area contributed by atoms with Gasteiger partial charge in [-0.2, -0.15) is 0 Å². The molecule has 0 radical (unpaired) electrons. The summed E-state index contributed by atoms with van der Waals surface area (Å²) in [6.07, 6.45) is 6.93. The summed E-state index contributed by atoms with van der Waals surface area (Å²) in [6.45, 7) is 3.04. The number of aromatic nitrogens is 3. The van der Waals surface area contributed by atoms with Crippen LogP contribution in [0.15, 0.2) is 35.5 Å². The van der Waals surface area contributed by atoms with E-state index in [9.17, 15) is 9.59 Å². The van der Waals surface area contributed by atoms with Gasteiger partial charge in [-0.3, -0.25) is 19.6 Å². The fraction of sp³-hybridized carbons (Fsp3) is 0.375. The molecule has 1 aliphatic rings. The molecule has 0 spiro atoms. The molecule has 2 aromatic rings. The molecule has 1 amide bonds. The normalized spacial score (nSPS) is 18.2. The second-order valence-corrected chi connectivity index (χ2v) is 5.60. The van der Waals surface area contributed by atoms with Crippen molar-refractivity contribution in [3.63, 3.8) is 0 Å². The van der Waals surface area contributed by atoms with E-state index in [2.05, 4.69) is 15.0 Å². The highest BCUT2D eigenvalue weighted by Gasteiger charge is 2.27. The van der Waals surface area contributed by atoms with Gasteiger partial charge in [0.1, 0.15) is 5.56 Å². The van der Waals surface area contributed by atoms with Gasteiger partial charge < -0.3 is 9.88 Å². The van der Waals surface area contributed by atoms with Crippen molar-refractivity contribution in [2.24, 2.45) is 0 Å². The van der Waals surface area contributed by atoms with Gasteiger partial charge in [0.25, 0.3) is 11.5 Å². The number of pyridine rings is 1. The smallest absolute Gasteiger partial charge is 0.260 e. The summed E-state index contributed by atoms with van der Waals surface area (Å²) in [7, 11) is 0. The third-order valence-electron chi connectivity index (χ3n) is 4.00. The van der Waals surface area contributed by atoms with Gasteiger partial charge in [0.05, 0.1) is 5.69 Å². The van der Waals surface area contributed by atoms with Crippen LogP contribution in [-0.4, -0.2) is 38.8 Å². The molecule has 6 heteroatoms. The van der Waals surface area contributed by atoms with E-state index in [1.54, 1.807) is 42.5 Å². The van der Waals surface area contributed by atoms with Crippen LogP contribution < -0.4 is 5.56 Å². The van der Waals surface area contributed by atoms with Crippen molar-refractivity contribution in [1.29, 1.82) is 0 Å². The van der Waals surface area contributed by atoms with Gasteiger partial charge in [0.15, 0.2) is 0 Å². The summed E-state index contributed by atoms with van der Waals surface area (Å²) in [5.74, 6) is -0.0363. The summed E-state index contributed by atoms with van der Waals surface area (Å²) in [6, 6.07) is 3.35. The molecule has 0 saturated carbocycles. The molecule has 6 nitrogen and oxygen atoms in total. The van der Waals surface area contributed by atoms with Gasteiger partial charge >= 0.3 is 0 Å². The summed E-state index contributed by atoms with van der Waals surface area (Å²) < 4.78 is 0. The lowest BCUT2D eigenvalue weighted by Crippen LogP contribution is -2.41. The molecule has 3 rings (SSSR count). The standard InChI is InChI=1S/C16H18N4O2/c1-11-4-5-13(15(21)19-11)16(22)20-8-2-3-12(10-20)14-9-17-6-7-18-14/h4-7,9,12H,2-3,8,10H2,1H3,(H,19,21)/t12-/m1/s1. The van der Waals surface area contributed by atoms with Crippen LogP contribution in [0.25, 0.3) is 0 Å². The van der Waals surface area contributed by atoms with E-state index in [-0.39, 0.29) is 22.9 Å². The first kappa shape index (κ1) is 14.4. The number of aryl methyl sites for hydroxylation is 1. The van der Waals surface area contributed by atoms with Gasteiger partial charge in [0, 0.05) is 43.3 Å². The predicted octanol–water partition coefficient (Wildman–Crippen LogP) is 1.49. The van der Waals surface area contributed by atoms with Crippen LogP contribution in [0.4, 0.5) is 0 Å². The Morgan fingerprint density at radius 1 is 1.36 bits per heavy atom. The van der Waals surface area contributed by atoms with Gasteiger partial charge in [-0.25, -0.2) is 0 Å². The fourth-order valence-corrected chi connectivity index (χ4v) is 2.84. The SMILES string of the molecule is Cc1ccc(C(=O)N2CCC[C@@H](c3cnccn3)C2)c(=O)[nH]1. The van der Waals surface area contributed by atoms with Crippen molar-refractivity contribution >= 4 is 5.91 Å². The van der Waals surface area contributed by atoms with Crippen molar-refractivity contribution in [2.45, 2.75) is 25.7 Å². The predicted molar refractivity (Wildman–Crippen MR) is 81.7 cm³/mol. The van der Waals surface area contributed by atoms with E-state index < -0.39 is 0 Å². The van der Waals surface area contributed by atoms with Gasteiger partial charge in [-0.05, 0) is 31.9 Å². The number of hydrogen-bond donors (Lipinski definition) is 1. The molecule has 0 unspecified atom stereocenters. The molecule has 1 N–H and O–H groups in total. The average Bonchev–Trinajstić information content (AvgIpc) is 2.55. The minimum Gasteiger partial charge on any atom is -0.338 e. The molecule has 1 fully saturated rings. The summed E-state index contributed by atoms with van der Waals surface area (Å²) in [4.78, 5) is 37.4. The molecule has 3 heterocycles. The highest BCUT2D eigenvalue weighted by atomic mass is 16.2. The number of hydrogen-bond acceptors (Lipinski definition) is 4. The number of carbonyl (C=O) groups is 1. The van der Waals surface area contributed by atoms with E-state index in [0.717, 1.165) is 24.2 Å². The highest BCUT2D eigenvalue weighted by molar-refractivity contribution is 5.93. The largest absolute Gasteiger partial charge is 0.338 e. The molecule has 1 aliphatic heterocycles. The van der Waals surface area contributed by atoms with Crippen LogP contribution in [0, 0.1) is 6.92 Å². The zero-order chi connectivity index (χ0) is 15.5. The Kier molecular flexibility index (Phi) is 4.00. The number of amides is 1. The Morgan fingerprint density at radius 2 is 2.23 bits per heavy atom. The second-order valence-electron chi connectivity index (χ2n) is 5.60. The van der Waals surface area contributed by atoms with Crippen LogP contribution in [0.1, 0.15) is 40.5 Å². The van der Waals surface area contributed by atoms with Crippen LogP contribution in [0.3, 0.4) is 0 Å². The maximum Gasteiger partial charge on any atom is 0.260 e. The first-order valence-electron chi connectivity index (χ1n) is 7.40. The molecule has 2 aromatic heterocycles. The lowest BCUT2D eigenvalue weighted by molar-refractivity contribution is 0.0704. The van der Waals surface area contributed by atoms with Gasteiger partial charge in [-0.15, -0.1) is 0 Å². The maximum atomic E-state index is 12.6. The van der Waals surface area contributed by atoms with Crippen molar-refractivity contribution in [2.75, 3.05) is 13.1 Å². The van der Waals surface area contributed by atoms with E-state index in [1.165, 1.54) is 0 Å². The Labute approximate surface area is 128 Å². The lowest BCUT2D eigenvalue weighted by atomic mass is 9.94. The topological polar surface area (TPSA) is 79.0 Å². The third kappa shape index (κ3) is 2.90. The zero-order valence-corrected chi connectivity index (χ0v) is 12.5.